The fourth-order valence-corrected chi connectivity index (χ4v) is 3.06. The molecule has 0 bridgehead atoms. The molecule has 5 atom stereocenters. The van der Waals surface area contributed by atoms with Crippen molar-refractivity contribution in [2.24, 2.45) is 4.99 Å². The van der Waals surface area contributed by atoms with E-state index in [2.05, 4.69) is 15.6 Å². The van der Waals surface area contributed by atoms with E-state index in [1.807, 2.05) is 0 Å². The number of aliphatic hydroxyl groups is 2. The van der Waals surface area contributed by atoms with Gasteiger partial charge in [-0.05, 0) is 0 Å². The van der Waals surface area contributed by atoms with Gasteiger partial charge in [0.15, 0.2) is 5.17 Å². The van der Waals surface area contributed by atoms with E-state index in [0.29, 0.717) is 5.17 Å². The van der Waals surface area contributed by atoms with Crippen LogP contribution in [0.15, 0.2) is 4.99 Å². The highest BCUT2D eigenvalue weighted by atomic mass is 32.2. The fraction of sp³-hybridized carbons (Fsp3) is 0.800. The number of aliphatic imine (C=N–C) groups is 1. The minimum atomic E-state index is -1.13. The number of ether oxygens (including phenoxy) is 2. The number of nitrogens with zero attached hydrogens (tertiary/aromatic N) is 1. The lowest BCUT2D eigenvalue weighted by Crippen LogP contribution is -2.60. The third-order valence-corrected chi connectivity index (χ3v) is 4.17. The fourth-order valence-electron chi connectivity index (χ4n) is 1.96. The summed E-state index contributed by atoms with van der Waals surface area (Å²) >= 11 is 1.33. The van der Waals surface area contributed by atoms with Crippen LogP contribution in [0.3, 0.4) is 0 Å². The number of aliphatic hydroxyl groups excluding tert-OH is 2. The van der Waals surface area contributed by atoms with Gasteiger partial charge in [0.05, 0.1) is 6.04 Å². The number of fused-ring (bicyclic) bond motifs is 1. The number of hydrogen-bond acceptors (Lipinski definition) is 7. The topological polar surface area (TPSA) is 112 Å². The molecular weight excluding hydrogens is 274 g/mol. The van der Waals surface area contributed by atoms with Crippen molar-refractivity contribution in [3.05, 3.63) is 0 Å². The van der Waals surface area contributed by atoms with E-state index in [9.17, 15) is 15.0 Å². The first-order chi connectivity index (χ1) is 9.06. The number of nitrogens with one attached hydrogen (secondary N) is 2. The van der Waals surface area contributed by atoms with E-state index in [4.69, 9.17) is 9.47 Å². The molecular formula is C10H17N3O5S. The van der Waals surface area contributed by atoms with Gasteiger partial charge in [0, 0.05) is 14.1 Å². The first-order valence-corrected chi connectivity index (χ1v) is 6.71. The van der Waals surface area contributed by atoms with Crippen molar-refractivity contribution in [1.29, 1.82) is 0 Å². The number of rotatable bonds is 2. The zero-order valence-corrected chi connectivity index (χ0v) is 11.4. The second-order valence-corrected chi connectivity index (χ2v) is 5.28. The molecule has 2 saturated heterocycles. The molecule has 0 spiro atoms. The van der Waals surface area contributed by atoms with Crippen molar-refractivity contribution in [3.63, 3.8) is 0 Å². The number of thioether (sulfide) groups is 1. The molecule has 2 aliphatic rings. The van der Waals surface area contributed by atoms with Crippen molar-refractivity contribution in [2.75, 3.05) is 20.7 Å². The summed E-state index contributed by atoms with van der Waals surface area (Å²) in [5, 5.41) is 25.9. The highest BCUT2D eigenvalue weighted by Crippen LogP contribution is 2.33. The molecule has 0 unspecified atom stereocenters. The molecule has 108 valence electrons. The molecule has 2 heterocycles. The summed E-state index contributed by atoms with van der Waals surface area (Å²) in [6.45, 7) is -0.125. The molecule has 9 heteroatoms. The smallest absolute Gasteiger partial charge is 0.406 e. The molecule has 0 aromatic rings. The van der Waals surface area contributed by atoms with Gasteiger partial charge >= 0.3 is 6.09 Å². The summed E-state index contributed by atoms with van der Waals surface area (Å²) in [5.41, 5.74) is -0.365. The first-order valence-electron chi connectivity index (χ1n) is 5.83. The van der Waals surface area contributed by atoms with Crippen LogP contribution in [0, 0.1) is 0 Å². The standard InChI is InChI=1S/C10H17N3O5S/c1-11-9-13-5-7(15)6(14)4(18-8(5)19-9)3-17-10(16)12-2/h4-8,14-15H,3H2,1-2H3,(H,11,13)(H,12,16)/t4-,5-,6+,7-,8-/m1/s1. The van der Waals surface area contributed by atoms with Crippen LogP contribution in [0.2, 0.25) is 0 Å². The summed E-state index contributed by atoms with van der Waals surface area (Å²) < 4.78 is 10.5. The number of carbonyl (C=O) groups is 1. The number of amidine groups is 1. The van der Waals surface area contributed by atoms with E-state index in [0.717, 1.165) is 0 Å². The van der Waals surface area contributed by atoms with Gasteiger partial charge in [-0.15, -0.1) is 0 Å². The summed E-state index contributed by atoms with van der Waals surface area (Å²) in [7, 11) is 3.06. The van der Waals surface area contributed by atoms with Crippen LogP contribution >= 0.6 is 11.8 Å². The summed E-state index contributed by atoms with van der Waals surface area (Å²) in [5.74, 6) is 0. The highest BCUT2D eigenvalue weighted by molar-refractivity contribution is 8.14. The Labute approximate surface area is 114 Å². The maximum absolute atomic E-state index is 11.0. The third kappa shape index (κ3) is 2.94. The van der Waals surface area contributed by atoms with Crippen LogP contribution in [0.25, 0.3) is 0 Å². The minimum absolute atomic E-state index is 0.125. The first kappa shape index (κ1) is 14.4. The number of carbonyl (C=O) groups excluding carboxylic acids is 1. The van der Waals surface area contributed by atoms with Crippen molar-refractivity contribution >= 4 is 23.0 Å². The molecule has 2 fully saturated rings. The molecule has 2 aliphatic heterocycles. The average Bonchev–Trinajstić information content (AvgIpc) is 2.84. The predicted octanol–water partition coefficient (Wildman–Crippen LogP) is -1.52. The largest absolute Gasteiger partial charge is 0.447 e. The van der Waals surface area contributed by atoms with E-state index in [1.165, 1.54) is 18.8 Å². The molecule has 1 amide bonds. The Morgan fingerprint density at radius 2 is 2.32 bits per heavy atom. The molecule has 0 aliphatic carbocycles. The van der Waals surface area contributed by atoms with Crippen molar-refractivity contribution in [2.45, 2.75) is 29.8 Å². The molecule has 2 rings (SSSR count). The molecule has 0 aromatic carbocycles. The lowest BCUT2D eigenvalue weighted by molar-refractivity contribution is -0.167. The SMILES string of the molecule is CN=C1N[C@@H]2[C@@H](O)[C@@H](O)[C@@H](COC(=O)NC)O[C@@H]2S1. The van der Waals surface area contributed by atoms with Crippen molar-refractivity contribution in [1.82, 2.24) is 10.6 Å². The van der Waals surface area contributed by atoms with Crippen LogP contribution in [0.5, 0.6) is 0 Å². The Morgan fingerprint density at radius 3 is 2.95 bits per heavy atom. The van der Waals surface area contributed by atoms with Gasteiger partial charge in [-0.25, -0.2) is 4.79 Å². The predicted molar refractivity (Wildman–Crippen MR) is 69.0 cm³/mol. The minimum Gasteiger partial charge on any atom is -0.447 e. The van der Waals surface area contributed by atoms with E-state index in [-0.39, 0.29) is 12.0 Å². The van der Waals surface area contributed by atoms with Gasteiger partial charge in [-0.3, -0.25) is 4.99 Å². The summed E-state index contributed by atoms with van der Waals surface area (Å²) in [6.07, 6.45) is -3.52. The van der Waals surface area contributed by atoms with Gasteiger partial charge < -0.3 is 30.3 Å². The van der Waals surface area contributed by atoms with Crippen molar-refractivity contribution in [3.8, 4) is 0 Å². The van der Waals surface area contributed by atoms with Crippen molar-refractivity contribution < 1.29 is 24.5 Å². The lowest BCUT2D eigenvalue weighted by Gasteiger charge is -2.38. The zero-order valence-electron chi connectivity index (χ0n) is 10.6. The Morgan fingerprint density at radius 1 is 1.58 bits per heavy atom. The normalized spacial score (nSPS) is 39.6. The van der Waals surface area contributed by atoms with Gasteiger partial charge in [0.1, 0.15) is 30.4 Å². The molecule has 8 nitrogen and oxygen atoms in total. The third-order valence-electron chi connectivity index (χ3n) is 3.00. The quantitative estimate of drug-likeness (QED) is 0.489. The van der Waals surface area contributed by atoms with E-state index < -0.39 is 30.4 Å². The monoisotopic (exact) mass is 291 g/mol. The van der Waals surface area contributed by atoms with Gasteiger partial charge in [-0.1, -0.05) is 11.8 Å². The van der Waals surface area contributed by atoms with E-state index in [1.54, 1.807) is 7.05 Å². The van der Waals surface area contributed by atoms with Crippen LogP contribution in [0.4, 0.5) is 4.79 Å². The van der Waals surface area contributed by atoms with Gasteiger partial charge in [0.25, 0.3) is 0 Å². The Bertz CT molecular complexity index is 380. The molecule has 0 saturated carbocycles. The van der Waals surface area contributed by atoms with E-state index >= 15 is 0 Å². The van der Waals surface area contributed by atoms with Gasteiger partial charge in [0.2, 0.25) is 0 Å². The second kappa shape index (κ2) is 5.95. The molecule has 0 aromatic heterocycles. The molecule has 0 radical (unpaired) electrons. The Kier molecular flexibility index (Phi) is 4.50. The second-order valence-electron chi connectivity index (χ2n) is 4.19. The Hall–Kier alpha value is -1.03. The maximum atomic E-state index is 11.0. The molecule has 19 heavy (non-hydrogen) atoms. The Balaban J connectivity index is 1.98. The summed E-state index contributed by atoms with van der Waals surface area (Å²) in [4.78, 5) is 15.0. The van der Waals surface area contributed by atoms with Crippen LogP contribution in [-0.2, 0) is 9.47 Å². The zero-order chi connectivity index (χ0) is 14.0. The van der Waals surface area contributed by atoms with Gasteiger partial charge in [-0.2, -0.15) is 0 Å². The highest BCUT2D eigenvalue weighted by Gasteiger charge is 2.49. The average molecular weight is 291 g/mol. The number of amides is 1. The molecule has 4 N–H and O–H groups in total. The van der Waals surface area contributed by atoms with Crippen LogP contribution in [-0.4, -0.2) is 72.0 Å². The number of hydrogen-bond donors (Lipinski definition) is 4. The maximum Gasteiger partial charge on any atom is 0.406 e. The van der Waals surface area contributed by atoms with Crippen LogP contribution in [0.1, 0.15) is 0 Å². The number of alkyl carbamates (subject to hydrolysis) is 1. The van der Waals surface area contributed by atoms with Crippen LogP contribution < -0.4 is 10.6 Å². The lowest BCUT2D eigenvalue weighted by atomic mass is 9.98. The summed E-state index contributed by atoms with van der Waals surface area (Å²) in [6, 6.07) is -0.421.